The van der Waals surface area contributed by atoms with Crippen LogP contribution in [0, 0.1) is 12.7 Å². The van der Waals surface area contributed by atoms with Gasteiger partial charge >= 0.3 is 0 Å². The minimum Gasteiger partial charge on any atom is -0.347 e. The first-order valence-electron chi connectivity index (χ1n) is 10.3. The molecule has 1 aromatic carbocycles. The highest BCUT2D eigenvalue weighted by atomic mass is 19.1. The van der Waals surface area contributed by atoms with Crippen LogP contribution in [0.1, 0.15) is 42.7 Å². The summed E-state index contributed by atoms with van der Waals surface area (Å²) in [5.74, 6) is 1.25. The Balaban J connectivity index is 1.64. The van der Waals surface area contributed by atoms with Crippen LogP contribution in [0.2, 0.25) is 0 Å². The fourth-order valence-corrected chi connectivity index (χ4v) is 3.88. The summed E-state index contributed by atoms with van der Waals surface area (Å²) < 4.78 is 19.0. The zero-order valence-electron chi connectivity index (χ0n) is 17.9. The first-order chi connectivity index (χ1) is 14.9. The zero-order chi connectivity index (χ0) is 22.0. The first kappa shape index (κ1) is 20.9. The molecule has 1 fully saturated rings. The summed E-state index contributed by atoms with van der Waals surface area (Å²) in [5.41, 5.74) is 2.17. The summed E-state index contributed by atoms with van der Waals surface area (Å²) >= 11 is 0. The third-order valence-corrected chi connectivity index (χ3v) is 5.35. The van der Waals surface area contributed by atoms with Crippen LogP contribution in [0.15, 0.2) is 35.0 Å². The maximum Gasteiger partial charge on any atom is 0.227 e. The molecule has 162 valence electrons. The van der Waals surface area contributed by atoms with Gasteiger partial charge < -0.3 is 14.3 Å². The number of benzene rings is 1. The SMILES string of the molecule is Cc1noc(CCC(=O)N2CCCC2c2nc(N(C)C)ncc2-c2cccc(F)c2)n1. The number of rotatable bonds is 6. The number of hydrogen-bond acceptors (Lipinski definition) is 7. The Bertz CT molecular complexity index is 1080. The molecule has 3 aromatic rings. The summed E-state index contributed by atoms with van der Waals surface area (Å²) in [6.45, 7) is 2.40. The summed E-state index contributed by atoms with van der Waals surface area (Å²) in [7, 11) is 3.73. The van der Waals surface area contributed by atoms with Gasteiger partial charge in [-0.2, -0.15) is 4.98 Å². The Hall–Kier alpha value is -3.36. The van der Waals surface area contributed by atoms with E-state index in [0.717, 1.165) is 24.1 Å². The molecule has 0 N–H and O–H groups in total. The lowest BCUT2D eigenvalue weighted by Crippen LogP contribution is -2.32. The highest BCUT2D eigenvalue weighted by molar-refractivity contribution is 5.78. The van der Waals surface area contributed by atoms with E-state index in [-0.39, 0.29) is 24.2 Å². The van der Waals surface area contributed by atoms with E-state index in [9.17, 15) is 9.18 Å². The molecule has 1 saturated heterocycles. The molecule has 1 amide bonds. The normalized spacial score (nSPS) is 16.0. The Morgan fingerprint density at radius 1 is 1.32 bits per heavy atom. The zero-order valence-corrected chi connectivity index (χ0v) is 17.9. The van der Waals surface area contributed by atoms with Gasteiger partial charge in [-0.15, -0.1) is 0 Å². The van der Waals surface area contributed by atoms with Crippen molar-refractivity contribution in [3.05, 3.63) is 53.7 Å². The molecule has 3 heterocycles. The summed E-state index contributed by atoms with van der Waals surface area (Å²) in [5, 5.41) is 3.77. The third kappa shape index (κ3) is 4.55. The van der Waals surface area contributed by atoms with Crippen molar-refractivity contribution in [3.63, 3.8) is 0 Å². The van der Waals surface area contributed by atoms with Gasteiger partial charge in [-0.1, -0.05) is 17.3 Å². The van der Waals surface area contributed by atoms with Crippen LogP contribution in [-0.4, -0.2) is 51.6 Å². The second-order valence-corrected chi connectivity index (χ2v) is 7.85. The lowest BCUT2D eigenvalue weighted by Gasteiger charge is -2.27. The lowest BCUT2D eigenvalue weighted by atomic mass is 9.99. The van der Waals surface area contributed by atoms with Crippen LogP contribution in [0.3, 0.4) is 0 Å². The molecule has 0 radical (unpaired) electrons. The van der Waals surface area contributed by atoms with Crippen molar-refractivity contribution in [2.75, 3.05) is 25.5 Å². The van der Waals surface area contributed by atoms with Crippen molar-refractivity contribution in [2.45, 2.75) is 38.6 Å². The number of anilines is 1. The van der Waals surface area contributed by atoms with E-state index >= 15 is 0 Å². The summed E-state index contributed by atoms with van der Waals surface area (Å²) in [6, 6.07) is 6.17. The van der Waals surface area contributed by atoms with Crippen LogP contribution in [0.4, 0.5) is 10.3 Å². The van der Waals surface area contributed by atoms with Gasteiger partial charge in [0.15, 0.2) is 5.82 Å². The molecule has 1 unspecified atom stereocenters. The van der Waals surface area contributed by atoms with Gasteiger partial charge in [-0.05, 0) is 37.5 Å². The lowest BCUT2D eigenvalue weighted by molar-refractivity contribution is -0.132. The van der Waals surface area contributed by atoms with Crippen molar-refractivity contribution in [2.24, 2.45) is 0 Å². The highest BCUT2D eigenvalue weighted by Gasteiger charge is 2.33. The van der Waals surface area contributed by atoms with E-state index in [4.69, 9.17) is 9.51 Å². The molecule has 0 bridgehead atoms. The number of aryl methyl sites for hydroxylation is 2. The quantitative estimate of drug-likeness (QED) is 0.600. The van der Waals surface area contributed by atoms with E-state index < -0.39 is 0 Å². The van der Waals surface area contributed by atoms with Crippen LogP contribution in [-0.2, 0) is 11.2 Å². The second kappa shape index (κ2) is 8.79. The van der Waals surface area contributed by atoms with Gasteiger partial charge in [0.2, 0.25) is 17.7 Å². The second-order valence-electron chi connectivity index (χ2n) is 7.85. The molecule has 0 saturated carbocycles. The van der Waals surface area contributed by atoms with E-state index in [1.54, 1.807) is 19.2 Å². The average Bonchev–Trinajstić information content (AvgIpc) is 3.40. The number of nitrogens with zero attached hydrogens (tertiary/aromatic N) is 6. The van der Waals surface area contributed by atoms with Crippen LogP contribution in [0.25, 0.3) is 11.1 Å². The molecule has 1 aliphatic heterocycles. The van der Waals surface area contributed by atoms with Crippen molar-refractivity contribution >= 4 is 11.9 Å². The molecule has 2 aromatic heterocycles. The predicted octanol–water partition coefficient (Wildman–Crippen LogP) is 3.34. The molecule has 8 nitrogen and oxygen atoms in total. The van der Waals surface area contributed by atoms with Gasteiger partial charge in [0.05, 0.1) is 11.7 Å². The monoisotopic (exact) mass is 424 g/mol. The van der Waals surface area contributed by atoms with E-state index in [1.165, 1.54) is 12.1 Å². The number of halogens is 1. The van der Waals surface area contributed by atoms with E-state index in [1.807, 2.05) is 30.0 Å². The van der Waals surface area contributed by atoms with Gasteiger partial charge in [-0.25, -0.2) is 14.4 Å². The van der Waals surface area contributed by atoms with Gasteiger partial charge in [-0.3, -0.25) is 4.79 Å². The number of carbonyl (C=O) groups is 1. The topological polar surface area (TPSA) is 88.3 Å². The molecule has 1 aliphatic rings. The Kier molecular flexibility index (Phi) is 5.92. The van der Waals surface area contributed by atoms with Gasteiger partial charge in [0, 0.05) is 45.2 Å². The number of amides is 1. The molecular weight excluding hydrogens is 399 g/mol. The Morgan fingerprint density at radius 2 is 2.16 bits per heavy atom. The summed E-state index contributed by atoms with van der Waals surface area (Å²) in [4.78, 5) is 30.1. The molecule has 31 heavy (non-hydrogen) atoms. The standard InChI is InChI=1S/C22H25FN6O2/c1-14-25-19(31-27-14)9-10-20(30)29-11-5-8-18(29)21-17(13-24-22(26-21)28(2)3)15-6-4-7-16(23)12-15/h4,6-7,12-13,18H,5,8-11H2,1-3H3. The number of likely N-dealkylation sites (tertiary alicyclic amines) is 1. The van der Waals surface area contributed by atoms with Crippen LogP contribution >= 0.6 is 0 Å². The average molecular weight is 424 g/mol. The van der Waals surface area contributed by atoms with Crippen LogP contribution in [0.5, 0.6) is 0 Å². The fraction of sp³-hybridized carbons (Fsp3) is 0.409. The molecule has 9 heteroatoms. The smallest absolute Gasteiger partial charge is 0.227 e. The number of carbonyl (C=O) groups excluding carboxylic acids is 1. The maximum absolute atomic E-state index is 13.9. The highest BCUT2D eigenvalue weighted by Crippen LogP contribution is 2.37. The summed E-state index contributed by atoms with van der Waals surface area (Å²) in [6.07, 6.45) is 4.05. The Labute approximate surface area is 180 Å². The third-order valence-electron chi connectivity index (χ3n) is 5.35. The fourth-order valence-electron chi connectivity index (χ4n) is 3.88. The Morgan fingerprint density at radius 3 is 2.87 bits per heavy atom. The van der Waals surface area contributed by atoms with Gasteiger partial charge in [0.1, 0.15) is 5.82 Å². The van der Waals surface area contributed by atoms with Crippen molar-refractivity contribution in [3.8, 4) is 11.1 Å². The largest absolute Gasteiger partial charge is 0.347 e. The van der Waals surface area contributed by atoms with Gasteiger partial charge in [0.25, 0.3) is 0 Å². The first-order valence-corrected chi connectivity index (χ1v) is 10.3. The van der Waals surface area contributed by atoms with E-state index in [0.29, 0.717) is 36.2 Å². The van der Waals surface area contributed by atoms with Crippen molar-refractivity contribution in [1.82, 2.24) is 25.0 Å². The van der Waals surface area contributed by atoms with Crippen molar-refractivity contribution in [1.29, 1.82) is 0 Å². The predicted molar refractivity (Wildman–Crippen MR) is 113 cm³/mol. The van der Waals surface area contributed by atoms with E-state index in [2.05, 4.69) is 15.1 Å². The molecule has 0 aliphatic carbocycles. The minimum absolute atomic E-state index is 0.00793. The molecule has 1 atom stereocenters. The minimum atomic E-state index is -0.325. The number of aromatic nitrogens is 4. The van der Waals surface area contributed by atoms with Crippen LogP contribution < -0.4 is 4.90 Å². The molecular formula is C22H25FN6O2. The molecule has 4 rings (SSSR count). The molecule has 0 spiro atoms. The van der Waals surface area contributed by atoms with Crippen molar-refractivity contribution < 1.29 is 13.7 Å². The number of hydrogen-bond donors (Lipinski definition) is 0. The maximum atomic E-state index is 13.9.